The van der Waals surface area contributed by atoms with Crippen LogP contribution in [-0.4, -0.2) is 17.9 Å². The Morgan fingerprint density at radius 3 is 2.74 bits per heavy atom. The number of methoxy groups -OCH3 is 1. The predicted octanol–water partition coefficient (Wildman–Crippen LogP) is 3.93. The van der Waals surface area contributed by atoms with Gasteiger partial charge in [0.15, 0.2) is 5.78 Å². The van der Waals surface area contributed by atoms with Crippen LogP contribution in [0.3, 0.4) is 0 Å². The van der Waals surface area contributed by atoms with Crippen molar-refractivity contribution in [1.82, 2.24) is 4.98 Å². The summed E-state index contributed by atoms with van der Waals surface area (Å²) in [6.45, 7) is 0. The Morgan fingerprint density at radius 2 is 2.16 bits per heavy atom. The zero-order chi connectivity index (χ0) is 13.8. The van der Waals surface area contributed by atoms with Crippen LogP contribution in [0, 0.1) is 0 Å². The number of benzene rings is 1. The van der Waals surface area contributed by atoms with Crippen LogP contribution in [0.15, 0.2) is 41.0 Å². The van der Waals surface area contributed by atoms with E-state index in [2.05, 4.69) is 20.9 Å². The minimum atomic E-state index is -0.0284. The van der Waals surface area contributed by atoms with E-state index < -0.39 is 0 Å². The van der Waals surface area contributed by atoms with Crippen LogP contribution in [0.25, 0.3) is 0 Å². The number of nitrogens with zero attached hydrogens (tertiary/aromatic N) is 1. The highest BCUT2D eigenvalue weighted by atomic mass is 79.9. The van der Waals surface area contributed by atoms with Crippen molar-refractivity contribution in [3.63, 3.8) is 0 Å². The molecular formula is C14H11BrClNO2. The molecule has 5 heteroatoms. The number of hydrogen-bond acceptors (Lipinski definition) is 3. The molecule has 2 aromatic rings. The Kier molecular flexibility index (Phi) is 4.56. The van der Waals surface area contributed by atoms with Crippen molar-refractivity contribution in [1.29, 1.82) is 0 Å². The number of ether oxygens (including phenoxy) is 1. The number of halogens is 2. The van der Waals surface area contributed by atoms with Crippen LogP contribution in [-0.2, 0) is 6.42 Å². The minimum absolute atomic E-state index is 0.0284. The SMILES string of the molecule is COc1ccc(C(=O)Cc2ccc(Br)cc2Cl)cn1. The fraction of sp³-hybridized carbons (Fsp3) is 0.143. The van der Waals surface area contributed by atoms with Gasteiger partial charge < -0.3 is 4.74 Å². The molecule has 0 N–H and O–H groups in total. The van der Waals surface area contributed by atoms with Gasteiger partial charge in [-0.2, -0.15) is 0 Å². The number of ketones is 1. The summed E-state index contributed by atoms with van der Waals surface area (Å²) >= 11 is 9.42. The van der Waals surface area contributed by atoms with Crippen LogP contribution >= 0.6 is 27.5 Å². The number of carbonyl (C=O) groups excluding carboxylic acids is 1. The van der Waals surface area contributed by atoms with Gasteiger partial charge in [-0.1, -0.05) is 33.6 Å². The summed E-state index contributed by atoms with van der Waals surface area (Å²) in [4.78, 5) is 16.1. The van der Waals surface area contributed by atoms with Gasteiger partial charge >= 0.3 is 0 Å². The molecule has 19 heavy (non-hydrogen) atoms. The molecule has 0 fully saturated rings. The van der Waals surface area contributed by atoms with Crippen LogP contribution in [0.4, 0.5) is 0 Å². The second-order valence-corrected chi connectivity index (χ2v) is 5.25. The number of carbonyl (C=O) groups is 1. The second-order valence-electron chi connectivity index (χ2n) is 3.92. The number of rotatable bonds is 4. The normalized spacial score (nSPS) is 10.3. The molecule has 0 spiro atoms. The second kappa shape index (κ2) is 6.17. The Morgan fingerprint density at radius 1 is 1.37 bits per heavy atom. The van der Waals surface area contributed by atoms with Crippen molar-refractivity contribution in [3.05, 3.63) is 57.2 Å². The van der Waals surface area contributed by atoms with Crippen LogP contribution in [0.1, 0.15) is 15.9 Å². The third-order valence-electron chi connectivity index (χ3n) is 2.63. The zero-order valence-electron chi connectivity index (χ0n) is 10.2. The minimum Gasteiger partial charge on any atom is -0.481 e. The van der Waals surface area contributed by atoms with E-state index in [9.17, 15) is 4.79 Å². The number of Topliss-reactive ketones (excluding diaryl/α,β-unsaturated/α-hetero) is 1. The quantitative estimate of drug-likeness (QED) is 0.792. The third-order valence-corrected chi connectivity index (χ3v) is 3.48. The van der Waals surface area contributed by atoms with Gasteiger partial charge in [-0.3, -0.25) is 4.79 Å². The van der Waals surface area contributed by atoms with Gasteiger partial charge in [0, 0.05) is 33.7 Å². The average molecular weight is 341 g/mol. The molecule has 0 radical (unpaired) electrons. The Balaban J connectivity index is 2.15. The van der Waals surface area contributed by atoms with Crippen molar-refractivity contribution in [2.45, 2.75) is 6.42 Å². The van der Waals surface area contributed by atoms with E-state index >= 15 is 0 Å². The van der Waals surface area contributed by atoms with Gasteiger partial charge in [0.25, 0.3) is 0 Å². The molecule has 0 saturated heterocycles. The first-order valence-corrected chi connectivity index (χ1v) is 6.74. The van der Waals surface area contributed by atoms with Gasteiger partial charge in [0.2, 0.25) is 5.88 Å². The lowest BCUT2D eigenvalue weighted by Crippen LogP contribution is -2.04. The highest BCUT2D eigenvalue weighted by Crippen LogP contribution is 2.22. The largest absolute Gasteiger partial charge is 0.481 e. The lowest BCUT2D eigenvalue weighted by atomic mass is 10.0. The smallest absolute Gasteiger partial charge is 0.212 e. The van der Waals surface area contributed by atoms with E-state index in [-0.39, 0.29) is 12.2 Å². The maximum atomic E-state index is 12.1. The predicted molar refractivity (Wildman–Crippen MR) is 78.0 cm³/mol. The monoisotopic (exact) mass is 339 g/mol. The number of pyridine rings is 1. The van der Waals surface area contributed by atoms with Crippen LogP contribution in [0.2, 0.25) is 5.02 Å². The maximum Gasteiger partial charge on any atom is 0.212 e. The van der Waals surface area contributed by atoms with Crippen molar-refractivity contribution in [2.24, 2.45) is 0 Å². The van der Waals surface area contributed by atoms with E-state index in [1.54, 1.807) is 18.2 Å². The van der Waals surface area contributed by atoms with E-state index in [0.29, 0.717) is 16.5 Å². The highest BCUT2D eigenvalue weighted by Gasteiger charge is 2.10. The molecule has 1 aromatic carbocycles. The lowest BCUT2D eigenvalue weighted by molar-refractivity contribution is 0.0992. The first-order chi connectivity index (χ1) is 9.10. The van der Waals surface area contributed by atoms with E-state index in [4.69, 9.17) is 16.3 Å². The van der Waals surface area contributed by atoms with Crippen LogP contribution in [0.5, 0.6) is 5.88 Å². The molecule has 1 aromatic heterocycles. The molecular weight excluding hydrogens is 330 g/mol. The number of hydrogen-bond donors (Lipinski definition) is 0. The van der Waals surface area contributed by atoms with Gasteiger partial charge in [-0.25, -0.2) is 4.98 Å². The first kappa shape index (κ1) is 14.0. The van der Waals surface area contributed by atoms with Crippen molar-refractivity contribution < 1.29 is 9.53 Å². The zero-order valence-corrected chi connectivity index (χ0v) is 12.5. The Hall–Kier alpha value is -1.39. The summed E-state index contributed by atoms with van der Waals surface area (Å²) in [7, 11) is 1.53. The summed E-state index contributed by atoms with van der Waals surface area (Å²) in [6, 6.07) is 8.83. The summed E-state index contributed by atoms with van der Waals surface area (Å²) in [5, 5.41) is 0.573. The fourth-order valence-electron chi connectivity index (χ4n) is 1.61. The number of aromatic nitrogens is 1. The van der Waals surface area contributed by atoms with Crippen LogP contribution < -0.4 is 4.74 Å². The van der Waals surface area contributed by atoms with Gasteiger partial charge in [-0.05, 0) is 23.8 Å². The Labute approximate surface area is 124 Å². The van der Waals surface area contributed by atoms with E-state index in [1.165, 1.54) is 13.3 Å². The molecule has 0 aliphatic carbocycles. The van der Waals surface area contributed by atoms with Gasteiger partial charge in [-0.15, -0.1) is 0 Å². The van der Waals surface area contributed by atoms with E-state index in [1.807, 2.05) is 12.1 Å². The molecule has 0 bridgehead atoms. The molecule has 0 aliphatic heterocycles. The molecule has 0 aliphatic rings. The average Bonchev–Trinajstić information content (AvgIpc) is 2.42. The van der Waals surface area contributed by atoms with Crippen molar-refractivity contribution in [3.8, 4) is 5.88 Å². The Bertz CT molecular complexity index is 599. The molecule has 98 valence electrons. The molecule has 3 nitrogen and oxygen atoms in total. The van der Waals surface area contributed by atoms with Gasteiger partial charge in [0.1, 0.15) is 0 Å². The first-order valence-electron chi connectivity index (χ1n) is 5.57. The van der Waals surface area contributed by atoms with Gasteiger partial charge in [0.05, 0.1) is 7.11 Å². The highest BCUT2D eigenvalue weighted by molar-refractivity contribution is 9.10. The van der Waals surface area contributed by atoms with E-state index in [0.717, 1.165) is 10.0 Å². The third kappa shape index (κ3) is 3.55. The molecule has 0 saturated carbocycles. The standard InChI is InChI=1S/C14H11BrClNO2/c1-19-14-5-3-10(8-17-14)13(18)6-9-2-4-11(15)7-12(9)16/h2-5,7-8H,6H2,1H3. The topological polar surface area (TPSA) is 39.2 Å². The lowest BCUT2D eigenvalue weighted by Gasteiger charge is -2.05. The molecule has 0 atom stereocenters. The van der Waals surface area contributed by atoms with Crippen molar-refractivity contribution in [2.75, 3.05) is 7.11 Å². The summed E-state index contributed by atoms with van der Waals surface area (Å²) < 4.78 is 5.84. The fourth-order valence-corrected chi connectivity index (χ4v) is 2.35. The molecule has 0 unspecified atom stereocenters. The maximum absolute atomic E-state index is 12.1. The summed E-state index contributed by atoms with van der Waals surface area (Å²) in [6.07, 6.45) is 1.76. The molecule has 0 amide bonds. The summed E-state index contributed by atoms with van der Waals surface area (Å²) in [5.41, 5.74) is 1.34. The summed E-state index contributed by atoms with van der Waals surface area (Å²) in [5.74, 6) is 0.456. The molecule has 1 heterocycles. The molecule has 2 rings (SSSR count). The van der Waals surface area contributed by atoms with Crippen molar-refractivity contribution >= 4 is 33.3 Å².